The third-order valence-corrected chi connectivity index (χ3v) is 2.75. The van der Waals surface area contributed by atoms with Gasteiger partial charge in [-0.05, 0) is 20.0 Å². The largest absolute Gasteiger partial charge is 0.829 e. The molecule has 0 aliphatic carbocycles. The Bertz CT molecular complexity index is 1070. The molecule has 4 rings (SSSR count). The van der Waals surface area contributed by atoms with Crippen molar-refractivity contribution in [2.75, 3.05) is 22.5 Å². The summed E-state index contributed by atoms with van der Waals surface area (Å²) in [6, 6.07) is -1.75. The van der Waals surface area contributed by atoms with E-state index in [0.717, 1.165) is 0 Å². The molecule has 0 unspecified atom stereocenters. The smallest absolute Gasteiger partial charge is 0.452 e. The molecular weight excluding hydrogens is 472 g/mol. The number of hydrazine groups is 2. The van der Waals surface area contributed by atoms with Crippen LogP contribution in [0.1, 0.15) is 0 Å². The van der Waals surface area contributed by atoms with Crippen molar-refractivity contribution in [3.8, 4) is 12.0 Å². The molecule has 0 aromatic carbocycles. The van der Waals surface area contributed by atoms with Crippen molar-refractivity contribution >= 4 is 23.8 Å². The molecule has 14 N–H and O–H groups in total. The fraction of sp³-hybridized carbons (Fsp3) is 0. The Kier molecular flexibility index (Phi) is 9.76. The lowest BCUT2D eigenvalue weighted by Gasteiger charge is -1.86. The van der Waals surface area contributed by atoms with E-state index in [1.165, 1.54) is 22.0 Å². The number of nitrogens with zero attached hydrogens (tertiary/aromatic N) is 10. The highest BCUT2D eigenvalue weighted by Gasteiger charge is 2.06. The number of nitrogen functional groups attached to an aromatic ring is 4. The van der Waals surface area contributed by atoms with E-state index in [1.807, 2.05) is 10.2 Å². The molecule has 4 aromatic heterocycles. The second-order valence-corrected chi connectivity index (χ2v) is 4.91. The minimum absolute atomic E-state index is 0.463. The van der Waals surface area contributed by atoms with Gasteiger partial charge in [0, 0.05) is 0 Å². The van der Waals surface area contributed by atoms with E-state index in [2.05, 4.69) is 51.4 Å². The highest BCUT2D eigenvalue weighted by molar-refractivity contribution is 5.09. The van der Waals surface area contributed by atoms with Crippen LogP contribution in [-0.2, 0) is 0 Å². The average Bonchev–Trinajstić information content (AvgIpc) is 3.58. The molecule has 0 amide bonds. The van der Waals surface area contributed by atoms with Crippen LogP contribution in [0.5, 0.6) is 12.0 Å². The van der Waals surface area contributed by atoms with Crippen LogP contribution in [0.2, 0.25) is 0 Å². The van der Waals surface area contributed by atoms with Gasteiger partial charge in [-0.1, -0.05) is 20.2 Å². The molecule has 0 spiro atoms. The van der Waals surface area contributed by atoms with Crippen LogP contribution in [0, 0.1) is 20.2 Å². The number of nitro groups is 2. The van der Waals surface area contributed by atoms with Gasteiger partial charge in [-0.3, -0.25) is 11.7 Å². The molecule has 0 fully saturated rings. The van der Waals surface area contributed by atoms with Crippen LogP contribution in [0.3, 0.4) is 0 Å². The molecular formula is C8H16N20O6. The van der Waals surface area contributed by atoms with E-state index < -0.39 is 33.8 Å². The van der Waals surface area contributed by atoms with Crippen LogP contribution >= 0.6 is 0 Å². The zero-order valence-electron chi connectivity index (χ0n) is 16.4. The molecule has 0 bridgehead atoms. The number of nitrogens with one attached hydrogen (secondary N) is 6. The average molecular weight is 488 g/mol. The summed E-state index contributed by atoms with van der Waals surface area (Å²) in [5.74, 6) is 20.1. The Morgan fingerprint density at radius 1 is 0.765 bits per heavy atom. The first-order valence-corrected chi connectivity index (χ1v) is 7.90. The van der Waals surface area contributed by atoms with Crippen molar-refractivity contribution in [2.45, 2.75) is 0 Å². The number of nitrogens with two attached hydrogens (primary N) is 4. The summed E-state index contributed by atoms with van der Waals surface area (Å²) in [5.41, 5.74) is 4.59. The lowest BCUT2D eigenvalue weighted by molar-refractivity contribution is -0.624. The second kappa shape index (κ2) is 12.7. The molecule has 0 aliphatic heterocycles. The first kappa shape index (κ1) is 26.1. The second-order valence-electron chi connectivity index (χ2n) is 4.91. The highest BCUT2D eigenvalue weighted by atomic mass is 16.6. The van der Waals surface area contributed by atoms with Crippen LogP contribution in [0.4, 0.5) is 23.8 Å². The molecule has 26 nitrogen and oxygen atoms in total. The predicted octanol–water partition coefficient (Wildman–Crippen LogP) is -7.03. The summed E-state index contributed by atoms with van der Waals surface area (Å²) in [6.45, 7) is 0. The van der Waals surface area contributed by atoms with E-state index in [-0.39, 0.29) is 0 Å². The Morgan fingerprint density at radius 3 is 1.24 bits per heavy atom. The summed E-state index contributed by atoms with van der Waals surface area (Å²) in [7, 11) is 0. The van der Waals surface area contributed by atoms with Crippen molar-refractivity contribution in [1.82, 2.24) is 50.8 Å². The van der Waals surface area contributed by atoms with E-state index in [9.17, 15) is 30.4 Å². The Morgan fingerprint density at radius 2 is 1.12 bits per heavy atom. The first-order chi connectivity index (χ1) is 16.1. The maximum absolute atomic E-state index is 10.0. The fourth-order valence-electron chi connectivity index (χ4n) is 1.39. The van der Waals surface area contributed by atoms with Crippen molar-refractivity contribution < 1.29 is 29.4 Å². The highest BCUT2D eigenvalue weighted by Crippen LogP contribution is 2.02. The lowest BCUT2D eigenvalue weighted by atomic mass is 11.1. The molecule has 0 aliphatic rings. The topological polar surface area (TPSA) is 409 Å². The Hall–Kier alpha value is -5.92. The fourth-order valence-corrected chi connectivity index (χ4v) is 1.39. The van der Waals surface area contributed by atoms with E-state index in [1.54, 1.807) is 0 Å². The zero-order chi connectivity index (χ0) is 25.7. The van der Waals surface area contributed by atoms with Gasteiger partial charge in [0.25, 0.3) is 12.7 Å². The molecule has 34 heavy (non-hydrogen) atoms. The van der Waals surface area contributed by atoms with Gasteiger partial charge in [-0.25, -0.2) is 22.5 Å². The zero-order valence-corrected chi connectivity index (χ0v) is 16.4. The van der Waals surface area contributed by atoms with Gasteiger partial charge < -0.3 is 30.4 Å². The van der Waals surface area contributed by atoms with Crippen LogP contribution in [0.15, 0.2) is 12.7 Å². The third-order valence-electron chi connectivity index (χ3n) is 2.75. The minimum atomic E-state index is -0.873. The summed E-state index contributed by atoms with van der Waals surface area (Å²) in [5, 5.41) is 61.2. The molecule has 4 aromatic rings. The number of H-pyrrole nitrogens is 4. The quantitative estimate of drug-likeness (QED) is 0.0551. The van der Waals surface area contributed by atoms with Crippen molar-refractivity contribution in [2.24, 2.45) is 11.7 Å². The van der Waals surface area contributed by atoms with E-state index in [4.69, 9.17) is 23.4 Å². The maximum Gasteiger partial charge on any atom is 0.452 e. The summed E-state index contributed by atoms with van der Waals surface area (Å²) in [6.07, 6.45) is 2.80. The van der Waals surface area contributed by atoms with Crippen molar-refractivity contribution in [1.29, 1.82) is 0 Å². The van der Waals surface area contributed by atoms with Gasteiger partial charge >= 0.3 is 23.8 Å². The van der Waals surface area contributed by atoms with Gasteiger partial charge in [-0.15, -0.1) is 29.7 Å². The van der Waals surface area contributed by atoms with Gasteiger partial charge in [0.1, 0.15) is 0 Å². The van der Waals surface area contributed by atoms with Crippen LogP contribution in [-0.4, -0.2) is 60.6 Å². The first-order valence-electron chi connectivity index (χ1n) is 7.90. The Labute approximate surface area is 184 Å². The van der Waals surface area contributed by atoms with Crippen molar-refractivity contribution in [3.05, 3.63) is 32.9 Å². The number of aromatic nitrogens is 12. The number of anilines is 2. The standard InChI is InChI=1S/2C2H6N6.2C2H2N4O3/c2*3-6-2-7-5-1-8(2)4;2*7-2-3-1(4-5-2)6(8)9/h2*1H,3-4H2,(H,6,7);2*(H2,3,4,5,7). The summed E-state index contributed by atoms with van der Waals surface area (Å²) < 4.78 is 2.47. The predicted molar refractivity (Wildman–Crippen MR) is 98.5 cm³/mol. The summed E-state index contributed by atoms with van der Waals surface area (Å²) in [4.78, 5) is 23.6. The lowest BCUT2D eigenvalue weighted by Crippen LogP contribution is -2.45. The molecule has 4 heterocycles. The normalized spacial score (nSPS) is 9.24. The maximum atomic E-state index is 10.0. The Balaban J connectivity index is 0.000000227. The molecule has 0 atom stereocenters. The van der Waals surface area contributed by atoms with Crippen LogP contribution < -0.4 is 53.8 Å². The van der Waals surface area contributed by atoms with Crippen LogP contribution in [0.25, 0.3) is 0 Å². The molecule has 0 radical (unpaired) electrons. The number of aromatic amines is 4. The van der Waals surface area contributed by atoms with Gasteiger partial charge in [0.05, 0.1) is 0 Å². The molecule has 0 saturated heterocycles. The molecule has 0 saturated carbocycles. The number of hydrogen-bond acceptors (Lipinski definition) is 18. The number of rotatable bonds is 4. The molecule has 26 heteroatoms. The van der Waals surface area contributed by atoms with Gasteiger partial charge in [-0.2, -0.15) is 0 Å². The summed E-state index contributed by atoms with van der Waals surface area (Å²) >= 11 is 0. The minimum Gasteiger partial charge on any atom is -0.829 e. The van der Waals surface area contributed by atoms with E-state index in [0.29, 0.717) is 11.9 Å². The van der Waals surface area contributed by atoms with Gasteiger partial charge in [0.2, 0.25) is 12.0 Å². The van der Waals surface area contributed by atoms with Crippen molar-refractivity contribution in [3.63, 3.8) is 0 Å². The van der Waals surface area contributed by atoms with E-state index >= 15 is 0 Å². The number of hydrogen-bond donors (Lipinski definition) is 10. The SMILES string of the molecule is NNc1[nH]nc[n+]1N.NNc1[nH]nc[n+]1N.O=[N+]([O-])c1nc([O-])n[nH]1.O=[N+]([O-])c1nc([O-])n[nH]1. The molecule has 184 valence electrons. The third kappa shape index (κ3) is 8.44. The monoisotopic (exact) mass is 488 g/mol. The van der Waals surface area contributed by atoms with Gasteiger partial charge in [0.15, 0.2) is 0 Å².